The fourth-order valence-corrected chi connectivity index (χ4v) is 1.24. The third-order valence-corrected chi connectivity index (χ3v) is 1.81. The number of aliphatic hydroxyl groups excluding tert-OH is 1. The fraction of sp³-hybridized carbons (Fsp3) is 0.833. The monoisotopic (exact) mass is 159 g/mol. The van der Waals surface area contributed by atoms with E-state index < -0.39 is 6.03 Å². The molecule has 2 amide bonds. The van der Waals surface area contributed by atoms with Crippen molar-refractivity contribution < 1.29 is 9.90 Å². The maximum Gasteiger partial charge on any atom is 0.331 e. The largest absolute Gasteiger partial charge is 0.375 e. The molecule has 5 heteroatoms. The van der Waals surface area contributed by atoms with E-state index in [-0.39, 0.29) is 6.73 Å². The van der Waals surface area contributed by atoms with Crippen LogP contribution < -0.4 is 5.73 Å². The SMILES string of the molecule is NC(=O)N(CO)N1CCCC1. The molecule has 0 aromatic heterocycles. The van der Waals surface area contributed by atoms with Crippen LogP contribution in [-0.2, 0) is 0 Å². The van der Waals surface area contributed by atoms with Gasteiger partial charge in [0.1, 0.15) is 6.73 Å². The molecule has 0 aromatic rings. The van der Waals surface area contributed by atoms with Crippen LogP contribution in [0.5, 0.6) is 0 Å². The number of hydrogen-bond acceptors (Lipinski definition) is 3. The van der Waals surface area contributed by atoms with Crippen molar-refractivity contribution in [3.8, 4) is 0 Å². The van der Waals surface area contributed by atoms with Gasteiger partial charge in [0.15, 0.2) is 0 Å². The number of aliphatic hydroxyl groups is 1. The summed E-state index contributed by atoms with van der Waals surface area (Å²) in [5, 5.41) is 11.7. The van der Waals surface area contributed by atoms with E-state index in [1.807, 2.05) is 0 Å². The van der Waals surface area contributed by atoms with Crippen LogP contribution in [0.3, 0.4) is 0 Å². The smallest absolute Gasteiger partial charge is 0.331 e. The number of nitrogens with two attached hydrogens (primary N) is 1. The second kappa shape index (κ2) is 3.54. The van der Waals surface area contributed by atoms with Crippen LogP contribution in [0, 0.1) is 0 Å². The van der Waals surface area contributed by atoms with Gasteiger partial charge in [0.2, 0.25) is 0 Å². The van der Waals surface area contributed by atoms with Gasteiger partial charge in [-0.2, -0.15) is 0 Å². The summed E-state index contributed by atoms with van der Waals surface area (Å²) >= 11 is 0. The van der Waals surface area contributed by atoms with E-state index in [0.29, 0.717) is 0 Å². The van der Waals surface area contributed by atoms with Crippen LogP contribution in [0.1, 0.15) is 12.8 Å². The van der Waals surface area contributed by atoms with Crippen LogP contribution in [-0.4, -0.2) is 41.0 Å². The average molecular weight is 159 g/mol. The summed E-state index contributed by atoms with van der Waals surface area (Å²) in [6.45, 7) is 1.29. The van der Waals surface area contributed by atoms with Gasteiger partial charge in [0.25, 0.3) is 0 Å². The maximum atomic E-state index is 10.7. The number of nitrogens with zero attached hydrogens (tertiary/aromatic N) is 2. The first-order chi connectivity index (χ1) is 5.25. The van der Waals surface area contributed by atoms with Crippen molar-refractivity contribution in [2.45, 2.75) is 12.8 Å². The molecule has 11 heavy (non-hydrogen) atoms. The molecule has 1 fully saturated rings. The van der Waals surface area contributed by atoms with Gasteiger partial charge in [-0.05, 0) is 12.8 Å². The number of rotatable bonds is 2. The molecular weight excluding hydrogens is 146 g/mol. The van der Waals surface area contributed by atoms with Crippen LogP contribution >= 0.6 is 0 Å². The van der Waals surface area contributed by atoms with E-state index >= 15 is 0 Å². The van der Waals surface area contributed by atoms with E-state index in [0.717, 1.165) is 30.9 Å². The van der Waals surface area contributed by atoms with Gasteiger partial charge in [0, 0.05) is 13.1 Å². The lowest BCUT2D eigenvalue weighted by Gasteiger charge is -2.27. The molecular formula is C6H13N3O2. The van der Waals surface area contributed by atoms with Crippen molar-refractivity contribution in [2.24, 2.45) is 5.73 Å². The van der Waals surface area contributed by atoms with Gasteiger partial charge < -0.3 is 10.8 Å². The van der Waals surface area contributed by atoms with Crippen LogP contribution in [0.25, 0.3) is 0 Å². The minimum absolute atomic E-state index is 0.324. The van der Waals surface area contributed by atoms with Gasteiger partial charge in [0.05, 0.1) is 0 Å². The Balaban J connectivity index is 2.46. The van der Waals surface area contributed by atoms with E-state index in [9.17, 15) is 4.79 Å². The molecule has 0 aromatic carbocycles. The summed E-state index contributed by atoms with van der Waals surface area (Å²) in [6.07, 6.45) is 2.12. The molecule has 1 aliphatic heterocycles. The molecule has 0 bridgehead atoms. The number of carbonyl (C=O) groups excluding carboxylic acids is 1. The van der Waals surface area contributed by atoms with E-state index in [1.165, 1.54) is 0 Å². The van der Waals surface area contributed by atoms with Crippen LogP contribution in [0.2, 0.25) is 0 Å². The van der Waals surface area contributed by atoms with Crippen LogP contribution in [0.15, 0.2) is 0 Å². The topological polar surface area (TPSA) is 69.8 Å². The third-order valence-electron chi connectivity index (χ3n) is 1.81. The highest BCUT2D eigenvalue weighted by Gasteiger charge is 2.20. The van der Waals surface area contributed by atoms with Crippen molar-refractivity contribution >= 4 is 6.03 Å². The summed E-state index contributed by atoms with van der Waals surface area (Å²) in [4.78, 5) is 10.7. The van der Waals surface area contributed by atoms with Crippen molar-refractivity contribution in [3.63, 3.8) is 0 Å². The molecule has 0 saturated carbocycles. The molecule has 5 nitrogen and oxygen atoms in total. The number of urea groups is 1. The first kappa shape index (κ1) is 8.29. The van der Waals surface area contributed by atoms with E-state index in [4.69, 9.17) is 10.8 Å². The predicted octanol–water partition coefficient (Wildman–Crippen LogP) is -0.672. The van der Waals surface area contributed by atoms with Crippen molar-refractivity contribution in [1.82, 2.24) is 10.0 Å². The van der Waals surface area contributed by atoms with Gasteiger partial charge in [-0.25, -0.2) is 14.8 Å². The van der Waals surface area contributed by atoms with Gasteiger partial charge in [-0.15, -0.1) is 0 Å². The number of primary amides is 1. The second-order valence-electron chi connectivity index (χ2n) is 2.54. The highest BCUT2D eigenvalue weighted by molar-refractivity contribution is 5.71. The summed E-state index contributed by atoms with van der Waals surface area (Å²) < 4.78 is 0. The first-order valence-electron chi connectivity index (χ1n) is 3.68. The molecule has 1 rings (SSSR count). The van der Waals surface area contributed by atoms with E-state index in [1.54, 1.807) is 5.01 Å². The number of carbonyl (C=O) groups is 1. The van der Waals surface area contributed by atoms with Gasteiger partial charge in [-0.3, -0.25) is 0 Å². The minimum atomic E-state index is -0.589. The lowest BCUT2D eigenvalue weighted by molar-refractivity contribution is -0.0231. The zero-order valence-electron chi connectivity index (χ0n) is 6.36. The minimum Gasteiger partial charge on any atom is -0.375 e. The molecule has 1 saturated heterocycles. The Morgan fingerprint density at radius 2 is 2.09 bits per heavy atom. The number of hydrogen-bond donors (Lipinski definition) is 2. The number of amides is 2. The molecule has 1 aliphatic rings. The molecule has 0 aliphatic carbocycles. The Morgan fingerprint density at radius 1 is 1.55 bits per heavy atom. The molecule has 0 unspecified atom stereocenters. The van der Waals surface area contributed by atoms with Crippen molar-refractivity contribution in [1.29, 1.82) is 0 Å². The average Bonchev–Trinajstić information content (AvgIpc) is 2.40. The Bertz CT molecular complexity index is 145. The van der Waals surface area contributed by atoms with Gasteiger partial charge in [-0.1, -0.05) is 0 Å². The normalized spacial score (nSPS) is 18.6. The lowest BCUT2D eigenvalue weighted by atomic mass is 10.4. The summed E-state index contributed by atoms with van der Waals surface area (Å²) in [6, 6.07) is -0.589. The first-order valence-corrected chi connectivity index (χ1v) is 3.68. The molecule has 3 N–H and O–H groups in total. The zero-order valence-corrected chi connectivity index (χ0v) is 6.36. The van der Waals surface area contributed by atoms with Crippen molar-refractivity contribution in [2.75, 3.05) is 19.8 Å². The molecule has 0 atom stereocenters. The summed E-state index contributed by atoms with van der Waals surface area (Å²) in [7, 11) is 0. The maximum absolute atomic E-state index is 10.7. The quantitative estimate of drug-likeness (QED) is 0.525. The second-order valence-corrected chi connectivity index (χ2v) is 2.54. The lowest BCUT2D eigenvalue weighted by Crippen LogP contribution is -2.48. The fourth-order valence-electron chi connectivity index (χ4n) is 1.24. The Hall–Kier alpha value is -0.810. The highest BCUT2D eigenvalue weighted by Crippen LogP contribution is 2.09. The Kier molecular flexibility index (Phi) is 2.67. The molecule has 0 radical (unpaired) electrons. The predicted molar refractivity (Wildman–Crippen MR) is 39.3 cm³/mol. The third kappa shape index (κ3) is 1.81. The zero-order chi connectivity index (χ0) is 8.27. The molecule has 1 heterocycles. The van der Waals surface area contributed by atoms with Crippen LogP contribution in [0.4, 0.5) is 4.79 Å². The number of hydrazine groups is 1. The Morgan fingerprint density at radius 3 is 2.45 bits per heavy atom. The van der Waals surface area contributed by atoms with E-state index in [2.05, 4.69) is 0 Å². The molecule has 0 spiro atoms. The highest BCUT2D eigenvalue weighted by atomic mass is 16.3. The molecule has 64 valence electrons. The van der Waals surface area contributed by atoms with Crippen molar-refractivity contribution in [3.05, 3.63) is 0 Å². The Labute approximate surface area is 65.3 Å². The summed E-state index contributed by atoms with van der Waals surface area (Å²) in [5.74, 6) is 0. The summed E-state index contributed by atoms with van der Waals surface area (Å²) in [5.41, 5.74) is 5.01. The standard InChI is InChI=1S/C6H13N3O2/c7-6(11)9(5-10)8-3-1-2-4-8/h10H,1-5H2,(H2,7,11). The van der Waals surface area contributed by atoms with Gasteiger partial charge >= 0.3 is 6.03 Å².